The fourth-order valence-electron chi connectivity index (χ4n) is 2.35. The molecule has 1 N–H and O–H groups in total. The van der Waals surface area contributed by atoms with Gasteiger partial charge in [0, 0.05) is 11.3 Å². The number of anilines is 1. The number of carbonyl (C=O) groups is 2. The van der Waals surface area contributed by atoms with E-state index in [9.17, 15) is 14.0 Å². The number of nitrogens with zero attached hydrogens (tertiary/aromatic N) is 2. The van der Waals surface area contributed by atoms with Gasteiger partial charge in [-0.15, -0.1) is 10.2 Å². The fraction of sp³-hybridized carbons (Fsp3) is 0.200. The molecule has 1 heterocycles. The molecule has 0 atom stereocenters. The monoisotopic (exact) mass is 447 g/mol. The van der Waals surface area contributed by atoms with Crippen molar-refractivity contribution in [2.45, 2.75) is 17.0 Å². The normalized spacial score (nSPS) is 10.5. The van der Waals surface area contributed by atoms with Gasteiger partial charge in [-0.1, -0.05) is 35.2 Å². The van der Waals surface area contributed by atoms with Crippen LogP contribution >= 0.6 is 23.1 Å². The molecule has 0 fully saturated rings. The molecule has 0 radical (unpaired) electrons. The molecule has 2 aromatic carbocycles. The quantitative estimate of drug-likeness (QED) is 0.299. The Kier molecular flexibility index (Phi) is 7.36. The van der Waals surface area contributed by atoms with Crippen LogP contribution in [0, 0.1) is 5.82 Å². The number of hydrogen-bond acceptors (Lipinski definition) is 8. The Bertz CT molecular complexity index is 1040. The Morgan fingerprint density at radius 1 is 1.13 bits per heavy atom. The number of halogens is 1. The van der Waals surface area contributed by atoms with Crippen molar-refractivity contribution in [1.82, 2.24) is 10.2 Å². The maximum Gasteiger partial charge on any atom is 0.264 e. The third kappa shape index (κ3) is 6.01. The summed E-state index contributed by atoms with van der Waals surface area (Å²) < 4.78 is 24.3. The molecule has 0 unspecified atom stereocenters. The Balaban J connectivity index is 1.51. The van der Waals surface area contributed by atoms with E-state index in [0.717, 1.165) is 5.56 Å². The Morgan fingerprint density at radius 3 is 2.60 bits per heavy atom. The van der Waals surface area contributed by atoms with Gasteiger partial charge in [-0.3, -0.25) is 14.9 Å². The van der Waals surface area contributed by atoms with E-state index in [4.69, 9.17) is 9.47 Å². The van der Waals surface area contributed by atoms with Crippen molar-refractivity contribution in [3.8, 4) is 11.5 Å². The summed E-state index contributed by atoms with van der Waals surface area (Å²) in [6.45, 7) is 1.20. The van der Waals surface area contributed by atoms with Crippen molar-refractivity contribution in [2.24, 2.45) is 0 Å². The lowest BCUT2D eigenvalue weighted by molar-refractivity contribution is -0.118. The zero-order chi connectivity index (χ0) is 21.5. The summed E-state index contributed by atoms with van der Waals surface area (Å²) in [5.74, 6) is 0.554. The van der Waals surface area contributed by atoms with Gasteiger partial charge < -0.3 is 9.47 Å². The molecule has 0 bridgehead atoms. The smallest absolute Gasteiger partial charge is 0.264 e. The number of ether oxygens (including phenoxy) is 2. The molecule has 0 saturated carbocycles. The highest BCUT2D eigenvalue weighted by atomic mass is 32.2. The lowest BCUT2D eigenvalue weighted by Crippen LogP contribution is -2.20. The van der Waals surface area contributed by atoms with Crippen LogP contribution in [0.15, 0.2) is 46.8 Å². The van der Waals surface area contributed by atoms with Crippen LogP contribution < -0.4 is 14.8 Å². The second kappa shape index (κ2) is 10.2. The minimum atomic E-state index is -0.404. The summed E-state index contributed by atoms with van der Waals surface area (Å²) in [5, 5.41) is 10.9. The molecule has 1 amide bonds. The van der Waals surface area contributed by atoms with Crippen molar-refractivity contribution < 1.29 is 23.5 Å². The standard InChI is InChI=1S/C20H18FN3O4S2/c1-12(25)14-5-8-16(17(9-14)27-2)28-10-18(26)22-19-23-24-20(30-19)29-11-13-3-6-15(21)7-4-13/h3-9H,10-11H2,1-2H3,(H,22,23,26). The van der Waals surface area contributed by atoms with Crippen LogP contribution in [0.3, 0.4) is 0 Å². The number of carbonyl (C=O) groups excluding carboxylic acids is 2. The highest BCUT2D eigenvalue weighted by Gasteiger charge is 2.13. The maximum atomic E-state index is 12.9. The predicted octanol–water partition coefficient (Wildman–Crippen LogP) is 4.20. The zero-order valence-electron chi connectivity index (χ0n) is 16.2. The van der Waals surface area contributed by atoms with E-state index < -0.39 is 5.91 Å². The second-order valence-corrected chi connectivity index (χ2v) is 8.25. The average molecular weight is 448 g/mol. The topological polar surface area (TPSA) is 90.4 Å². The molecule has 0 aliphatic rings. The number of benzene rings is 2. The fourth-order valence-corrected chi connectivity index (χ4v) is 4.07. The molecule has 3 aromatic rings. The van der Waals surface area contributed by atoms with Crippen LogP contribution in [0.4, 0.5) is 9.52 Å². The SMILES string of the molecule is COc1cc(C(C)=O)ccc1OCC(=O)Nc1nnc(SCc2ccc(F)cc2)s1. The van der Waals surface area contributed by atoms with E-state index in [2.05, 4.69) is 15.5 Å². The molecular formula is C20H18FN3O4S2. The number of aromatic nitrogens is 2. The van der Waals surface area contributed by atoms with Gasteiger partial charge >= 0.3 is 0 Å². The van der Waals surface area contributed by atoms with Crippen molar-refractivity contribution in [3.05, 3.63) is 59.4 Å². The summed E-state index contributed by atoms with van der Waals surface area (Å²) in [6, 6.07) is 11.0. The zero-order valence-corrected chi connectivity index (χ0v) is 17.8. The third-order valence-electron chi connectivity index (χ3n) is 3.86. The molecule has 7 nitrogen and oxygen atoms in total. The van der Waals surface area contributed by atoms with Crippen molar-refractivity contribution >= 4 is 39.9 Å². The highest BCUT2D eigenvalue weighted by molar-refractivity contribution is 8.00. The summed E-state index contributed by atoms with van der Waals surface area (Å²) >= 11 is 2.68. The van der Waals surface area contributed by atoms with Crippen LogP contribution in [0.25, 0.3) is 0 Å². The summed E-state index contributed by atoms with van der Waals surface area (Å²) in [6.07, 6.45) is 0. The molecule has 0 aliphatic carbocycles. The molecule has 1 aromatic heterocycles. The van der Waals surface area contributed by atoms with Crippen molar-refractivity contribution in [1.29, 1.82) is 0 Å². The van der Waals surface area contributed by atoms with Crippen molar-refractivity contribution in [3.63, 3.8) is 0 Å². The summed E-state index contributed by atoms with van der Waals surface area (Å²) in [5.41, 5.74) is 1.45. The molecule has 0 aliphatic heterocycles. The van der Waals surface area contributed by atoms with E-state index in [1.54, 1.807) is 30.3 Å². The first kappa shape index (κ1) is 21.7. The van der Waals surface area contributed by atoms with Crippen molar-refractivity contribution in [2.75, 3.05) is 19.0 Å². The third-order valence-corrected chi connectivity index (χ3v) is 5.90. The molecule has 156 valence electrons. The number of ketones is 1. The number of thioether (sulfide) groups is 1. The molecule has 0 spiro atoms. The average Bonchev–Trinajstić information content (AvgIpc) is 3.18. The van der Waals surface area contributed by atoms with Gasteiger partial charge in [0.1, 0.15) is 5.82 Å². The van der Waals surface area contributed by atoms with Gasteiger partial charge in [-0.2, -0.15) is 0 Å². The summed E-state index contributed by atoms with van der Waals surface area (Å²) in [7, 11) is 1.46. The number of methoxy groups -OCH3 is 1. The maximum absolute atomic E-state index is 12.9. The van der Waals surface area contributed by atoms with Crippen LogP contribution in [0.2, 0.25) is 0 Å². The lowest BCUT2D eigenvalue weighted by Gasteiger charge is -2.11. The molecule has 0 saturated heterocycles. The molecule has 3 rings (SSSR count). The first-order valence-corrected chi connectivity index (χ1v) is 10.6. The number of hydrogen-bond donors (Lipinski definition) is 1. The number of rotatable bonds is 9. The predicted molar refractivity (Wildman–Crippen MR) is 113 cm³/mol. The number of amides is 1. The first-order chi connectivity index (χ1) is 14.4. The lowest BCUT2D eigenvalue weighted by atomic mass is 10.1. The van der Waals surface area contributed by atoms with Gasteiger partial charge in [0.15, 0.2) is 28.2 Å². The van der Waals surface area contributed by atoms with Crippen LogP contribution in [0.5, 0.6) is 11.5 Å². The minimum absolute atomic E-state index is 0.0954. The minimum Gasteiger partial charge on any atom is -0.493 e. The Morgan fingerprint density at radius 2 is 1.90 bits per heavy atom. The molecule has 10 heteroatoms. The van der Waals surface area contributed by atoms with Gasteiger partial charge in [-0.05, 0) is 42.8 Å². The second-order valence-electron chi connectivity index (χ2n) is 6.05. The van der Waals surface area contributed by atoms with E-state index in [0.29, 0.717) is 32.3 Å². The number of nitrogens with one attached hydrogen (secondary N) is 1. The first-order valence-electron chi connectivity index (χ1n) is 8.77. The van der Waals surface area contributed by atoms with E-state index in [1.165, 1.54) is 49.3 Å². The Hall–Kier alpha value is -2.98. The highest BCUT2D eigenvalue weighted by Crippen LogP contribution is 2.29. The van der Waals surface area contributed by atoms with Crippen LogP contribution in [-0.2, 0) is 10.5 Å². The van der Waals surface area contributed by atoms with Crippen LogP contribution in [-0.4, -0.2) is 35.6 Å². The number of Topliss-reactive ketones (excluding diaryl/α,β-unsaturated/α-hetero) is 1. The van der Waals surface area contributed by atoms with Gasteiger partial charge in [0.2, 0.25) is 5.13 Å². The van der Waals surface area contributed by atoms with E-state index >= 15 is 0 Å². The van der Waals surface area contributed by atoms with Crippen LogP contribution in [0.1, 0.15) is 22.8 Å². The van der Waals surface area contributed by atoms with E-state index in [1.807, 2.05) is 0 Å². The Labute approximate surface area is 180 Å². The van der Waals surface area contributed by atoms with Gasteiger partial charge in [0.05, 0.1) is 7.11 Å². The van der Waals surface area contributed by atoms with Gasteiger partial charge in [-0.25, -0.2) is 4.39 Å². The van der Waals surface area contributed by atoms with Gasteiger partial charge in [0.25, 0.3) is 5.91 Å². The van der Waals surface area contributed by atoms with E-state index in [-0.39, 0.29) is 18.2 Å². The summed E-state index contributed by atoms with van der Waals surface area (Å²) in [4.78, 5) is 23.6. The molecular weight excluding hydrogens is 429 g/mol. The largest absolute Gasteiger partial charge is 0.493 e. The molecule has 30 heavy (non-hydrogen) atoms.